The highest BCUT2D eigenvalue weighted by Gasteiger charge is 2.38. The summed E-state index contributed by atoms with van der Waals surface area (Å²) in [6.07, 6.45) is 1.08. The minimum absolute atomic E-state index is 0.0205. The quantitative estimate of drug-likeness (QED) is 0.453. The lowest BCUT2D eigenvalue weighted by atomic mass is 9.90. The van der Waals surface area contributed by atoms with E-state index in [1.807, 2.05) is 73.1 Å². The van der Waals surface area contributed by atoms with Crippen LogP contribution in [0.25, 0.3) is 11.0 Å². The summed E-state index contributed by atoms with van der Waals surface area (Å²) in [4.78, 5) is 4.53. The van der Waals surface area contributed by atoms with E-state index in [-0.39, 0.29) is 24.7 Å². The number of aliphatic hydroxyl groups is 1. The maximum Gasteiger partial charge on any atom is 0.185 e. The molecule has 6 heteroatoms. The van der Waals surface area contributed by atoms with E-state index in [9.17, 15) is 5.11 Å². The largest absolute Gasteiger partial charge is 0.399 e. The fourth-order valence-electron chi connectivity index (χ4n) is 4.38. The number of nitrogens with zero attached hydrogens (tertiary/aromatic N) is 2. The molecule has 0 aliphatic carbocycles. The second-order valence-electron chi connectivity index (χ2n) is 8.38. The lowest BCUT2D eigenvalue weighted by Gasteiger charge is -2.41. The maximum atomic E-state index is 9.41. The fourth-order valence-corrected chi connectivity index (χ4v) is 4.38. The second-order valence-corrected chi connectivity index (χ2v) is 8.38. The highest BCUT2D eigenvalue weighted by Crippen LogP contribution is 2.42. The molecular formula is C26H27N3O3. The van der Waals surface area contributed by atoms with Gasteiger partial charge in [-0.25, -0.2) is 4.98 Å². The molecule has 0 amide bonds. The third-order valence-corrected chi connectivity index (χ3v) is 6.21. The number of imidazole rings is 1. The first-order valence-electron chi connectivity index (χ1n) is 10.9. The molecule has 32 heavy (non-hydrogen) atoms. The molecule has 4 atom stereocenters. The molecule has 3 aromatic carbocycles. The Kier molecular flexibility index (Phi) is 5.66. The van der Waals surface area contributed by atoms with Gasteiger partial charge in [-0.05, 0) is 35.4 Å². The van der Waals surface area contributed by atoms with Gasteiger partial charge in [-0.1, -0.05) is 55.5 Å². The first-order valence-corrected chi connectivity index (χ1v) is 10.9. The summed E-state index contributed by atoms with van der Waals surface area (Å²) in [5.74, 6) is 0.0912. The van der Waals surface area contributed by atoms with Crippen molar-refractivity contribution in [2.75, 3.05) is 5.73 Å². The fraction of sp³-hybridized carbons (Fsp3) is 0.269. The van der Waals surface area contributed by atoms with Crippen molar-refractivity contribution in [1.29, 1.82) is 0 Å². The number of fused-ring (bicyclic) bond motifs is 1. The van der Waals surface area contributed by atoms with Crippen molar-refractivity contribution in [3.8, 4) is 0 Å². The van der Waals surface area contributed by atoms with Gasteiger partial charge in [-0.2, -0.15) is 0 Å². The van der Waals surface area contributed by atoms with E-state index < -0.39 is 6.29 Å². The number of hydrogen-bond donors (Lipinski definition) is 2. The SMILES string of the molecule is C[C@@H]1[C@H](Cn2cnc3ccccc32)O[C@H](c2cccc(N)c2)O[C@@H]1c1ccc(CO)cc1. The average Bonchev–Trinajstić information content (AvgIpc) is 3.23. The van der Waals surface area contributed by atoms with Crippen LogP contribution in [0.5, 0.6) is 0 Å². The minimum atomic E-state index is -0.531. The first kappa shape index (κ1) is 20.7. The van der Waals surface area contributed by atoms with Gasteiger partial charge >= 0.3 is 0 Å². The summed E-state index contributed by atoms with van der Waals surface area (Å²) in [7, 11) is 0. The number of nitrogens with two attached hydrogens (primary N) is 1. The van der Waals surface area contributed by atoms with Crippen LogP contribution in [0.2, 0.25) is 0 Å². The Bertz CT molecular complexity index is 1200. The Morgan fingerprint density at radius 3 is 2.56 bits per heavy atom. The van der Waals surface area contributed by atoms with Crippen molar-refractivity contribution in [2.45, 2.75) is 38.6 Å². The summed E-state index contributed by atoms with van der Waals surface area (Å²) < 4.78 is 15.1. The van der Waals surface area contributed by atoms with Gasteiger partial charge in [0, 0.05) is 17.2 Å². The van der Waals surface area contributed by atoms with E-state index in [1.54, 1.807) is 0 Å². The molecular weight excluding hydrogens is 402 g/mol. The Morgan fingerprint density at radius 2 is 1.78 bits per heavy atom. The third kappa shape index (κ3) is 4.00. The molecule has 0 radical (unpaired) electrons. The van der Waals surface area contributed by atoms with Crippen molar-refractivity contribution < 1.29 is 14.6 Å². The van der Waals surface area contributed by atoms with E-state index in [0.717, 1.165) is 27.7 Å². The number of aromatic nitrogens is 2. The number of hydrogen-bond acceptors (Lipinski definition) is 5. The summed E-state index contributed by atoms with van der Waals surface area (Å²) in [6, 6.07) is 23.7. The maximum absolute atomic E-state index is 9.41. The molecule has 1 aliphatic rings. The van der Waals surface area contributed by atoms with Crippen molar-refractivity contribution in [3.63, 3.8) is 0 Å². The summed E-state index contributed by atoms with van der Waals surface area (Å²) >= 11 is 0. The van der Waals surface area contributed by atoms with Crippen LogP contribution in [-0.4, -0.2) is 20.8 Å². The Balaban J connectivity index is 1.49. The van der Waals surface area contributed by atoms with Crippen LogP contribution in [0.3, 0.4) is 0 Å². The van der Waals surface area contributed by atoms with E-state index in [4.69, 9.17) is 15.2 Å². The lowest BCUT2D eigenvalue weighted by molar-refractivity contribution is -0.276. The van der Waals surface area contributed by atoms with Crippen LogP contribution in [0.15, 0.2) is 79.1 Å². The van der Waals surface area contributed by atoms with E-state index in [2.05, 4.69) is 22.5 Å². The topological polar surface area (TPSA) is 82.5 Å². The molecule has 0 spiro atoms. The lowest BCUT2D eigenvalue weighted by Crippen LogP contribution is -2.39. The molecule has 4 aromatic rings. The van der Waals surface area contributed by atoms with E-state index in [0.29, 0.717) is 12.2 Å². The highest BCUT2D eigenvalue weighted by atomic mass is 16.7. The molecule has 1 aliphatic heterocycles. The van der Waals surface area contributed by atoms with E-state index >= 15 is 0 Å². The average molecular weight is 430 g/mol. The summed E-state index contributed by atoms with van der Waals surface area (Å²) in [6.45, 7) is 2.84. The molecule has 164 valence electrons. The van der Waals surface area contributed by atoms with Gasteiger partial charge in [0.2, 0.25) is 0 Å². The molecule has 6 nitrogen and oxygen atoms in total. The molecule has 2 heterocycles. The first-order chi connectivity index (χ1) is 15.6. The predicted octanol–water partition coefficient (Wildman–Crippen LogP) is 4.60. The van der Waals surface area contributed by atoms with Crippen LogP contribution < -0.4 is 5.73 Å². The zero-order valence-electron chi connectivity index (χ0n) is 18.0. The molecule has 1 saturated heterocycles. The summed E-state index contributed by atoms with van der Waals surface area (Å²) in [5.41, 5.74) is 11.6. The van der Waals surface area contributed by atoms with Gasteiger partial charge < -0.3 is 24.9 Å². The van der Waals surface area contributed by atoms with Crippen molar-refractivity contribution in [1.82, 2.24) is 9.55 Å². The number of ether oxygens (including phenoxy) is 2. The highest BCUT2D eigenvalue weighted by molar-refractivity contribution is 5.74. The molecule has 0 saturated carbocycles. The van der Waals surface area contributed by atoms with Crippen molar-refractivity contribution in [2.24, 2.45) is 5.92 Å². The normalized spacial score (nSPS) is 23.4. The van der Waals surface area contributed by atoms with E-state index in [1.165, 1.54) is 0 Å². The molecule has 1 aromatic heterocycles. The number of nitrogen functional groups attached to an aromatic ring is 1. The van der Waals surface area contributed by atoms with Crippen LogP contribution in [0, 0.1) is 5.92 Å². The number of rotatable bonds is 5. The second kappa shape index (κ2) is 8.74. The zero-order chi connectivity index (χ0) is 22.1. The zero-order valence-corrected chi connectivity index (χ0v) is 18.0. The predicted molar refractivity (Wildman–Crippen MR) is 124 cm³/mol. The van der Waals surface area contributed by atoms with Gasteiger partial charge in [-0.15, -0.1) is 0 Å². The van der Waals surface area contributed by atoms with Crippen molar-refractivity contribution in [3.05, 3.63) is 95.8 Å². The van der Waals surface area contributed by atoms with Crippen LogP contribution in [0.1, 0.15) is 36.0 Å². The summed E-state index contributed by atoms with van der Waals surface area (Å²) in [5, 5.41) is 9.41. The van der Waals surface area contributed by atoms with Gasteiger partial charge in [0.25, 0.3) is 0 Å². The molecule has 1 fully saturated rings. The smallest absolute Gasteiger partial charge is 0.185 e. The minimum Gasteiger partial charge on any atom is -0.399 e. The van der Waals surface area contributed by atoms with Crippen LogP contribution in [0.4, 0.5) is 5.69 Å². The molecule has 3 N–H and O–H groups in total. The molecule has 0 bridgehead atoms. The van der Waals surface area contributed by atoms with Crippen LogP contribution in [-0.2, 0) is 22.6 Å². The Morgan fingerprint density at radius 1 is 0.969 bits per heavy atom. The molecule has 5 rings (SSSR count). The Hall–Kier alpha value is -3.19. The Labute approximate surface area is 187 Å². The molecule has 0 unspecified atom stereocenters. The number of benzene rings is 3. The standard InChI is InChI=1S/C26H27N3O3/c1-17-24(14-29-16-28-22-7-2-3-8-23(22)29)31-26(20-5-4-6-21(27)13-20)32-25(17)19-11-9-18(15-30)10-12-19/h2-13,16-17,24-26,30H,14-15,27H2,1H3/t17-,24+,25+,26+/m1/s1. The van der Waals surface area contributed by atoms with Crippen LogP contribution >= 0.6 is 0 Å². The number of aliphatic hydroxyl groups excluding tert-OH is 1. The number of anilines is 1. The van der Waals surface area contributed by atoms with Gasteiger partial charge in [0.15, 0.2) is 6.29 Å². The number of para-hydroxylation sites is 2. The van der Waals surface area contributed by atoms with Gasteiger partial charge in [0.1, 0.15) is 0 Å². The van der Waals surface area contributed by atoms with Gasteiger partial charge in [-0.3, -0.25) is 0 Å². The van der Waals surface area contributed by atoms with Gasteiger partial charge in [0.05, 0.1) is 42.7 Å². The van der Waals surface area contributed by atoms with Crippen molar-refractivity contribution >= 4 is 16.7 Å². The third-order valence-electron chi connectivity index (χ3n) is 6.21. The monoisotopic (exact) mass is 429 g/mol.